The molecule has 1 aromatic rings. The van der Waals surface area contributed by atoms with E-state index in [9.17, 15) is 4.79 Å². The van der Waals surface area contributed by atoms with Crippen LogP contribution >= 0.6 is 0 Å². The molecule has 0 bridgehead atoms. The molecule has 0 saturated carbocycles. The Morgan fingerprint density at radius 3 is 2.25 bits per heavy atom. The molecule has 2 N–H and O–H groups in total. The van der Waals surface area contributed by atoms with Crippen LogP contribution in [0, 0.1) is 0 Å². The maximum absolute atomic E-state index is 10.1. The molecule has 0 unspecified atom stereocenters. The fraction of sp³-hybridized carbons (Fsp3) is 0.154. The third kappa shape index (κ3) is 8.72. The molecule has 0 aliphatic rings. The zero-order valence-corrected chi connectivity index (χ0v) is 9.55. The van der Waals surface area contributed by atoms with Crippen molar-refractivity contribution >= 4 is 12.0 Å². The quantitative estimate of drug-likeness (QED) is 0.605. The van der Waals surface area contributed by atoms with E-state index in [1.807, 2.05) is 50.5 Å². The maximum Gasteiger partial charge on any atom is 0.328 e. The molecule has 0 fully saturated rings. The van der Waals surface area contributed by atoms with Crippen molar-refractivity contribution in [3.05, 3.63) is 54.1 Å². The highest BCUT2D eigenvalue weighted by molar-refractivity contribution is 5.80. The van der Waals surface area contributed by atoms with Gasteiger partial charge in [0.25, 0.3) is 0 Å². The first-order chi connectivity index (χ1) is 7.70. The number of benzene rings is 1. The number of nitrogens with one attached hydrogen (secondary N) is 1. The Morgan fingerprint density at radius 2 is 1.75 bits per heavy atom. The van der Waals surface area contributed by atoms with E-state index in [2.05, 4.69) is 5.32 Å². The predicted molar refractivity (Wildman–Crippen MR) is 67.2 cm³/mol. The van der Waals surface area contributed by atoms with Gasteiger partial charge in [-0.3, -0.25) is 0 Å². The summed E-state index contributed by atoms with van der Waals surface area (Å²) in [5.41, 5.74) is 1.05. The van der Waals surface area contributed by atoms with Crippen LogP contribution in [0.4, 0.5) is 0 Å². The second kappa shape index (κ2) is 9.68. The molecular formula is C13H17NO2. The first-order valence-electron chi connectivity index (χ1n) is 4.92. The lowest BCUT2D eigenvalue weighted by Crippen LogP contribution is -1.89. The molecule has 0 radical (unpaired) electrons. The molecule has 0 saturated heterocycles. The van der Waals surface area contributed by atoms with Gasteiger partial charge in [0, 0.05) is 6.08 Å². The van der Waals surface area contributed by atoms with Gasteiger partial charge < -0.3 is 10.4 Å². The molecule has 0 aliphatic carbocycles. The molecule has 3 nitrogen and oxygen atoms in total. The molecule has 0 atom stereocenters. The van der Waals surface area contributed by atoms with Gasteiger partial charge in [-0.25, -0.2) is 4.79 Å². The number of hydrogen-bond donors (Lipinski definition) is 2. The van der Waals surface area contributed by atoms with Crippen LogP contribution in [-0.2, 0) is 4.79 Å². The van der Waals surface area contributed by atoms with Crippen molar-refractivity contribution in [2.45, 2.75) is 0 Å². The lowest BCUT2D eigenvalue weighted by atomic mass is 10.2. The van der Waals surface area contributed by atoms with Crippen molar-refractivity contribution < 1.29 is 9.90 Å². The second-order valence-corrected chi connectivity index (χ2v) is 2.97. The fourth-order valence-electron chi connectivity index (χ4n) is 0.869. The van der Waals surface area contributed by atoms with Crippen LogP contribution in [0.2, 0.25) is 0 Å². The minimum atomic E-state index is -0.933. The number of aliphatic carboxylic acids is 1. The van der Waals surface area contributed by atoms with E-state index >= 15 is 0 Å². The molecule has 16 heavy (non-hydrogen) atoms. The maximum atomic E-state index is 10.1. The van der Waals surface area contributed by atoms with Gasteiger partial charge in [0.2, 0.25) is 0 Å². The molecule has 0 aromatic heterocycles. The number of hydrogen-bond acceptors (Lipinski definition) is 2. The molecule has 86 valence electrons. The molecule has 0 spiro atoms. The highest BCUT2D eigenvalue weighted by Gasteiger charge is 1.82. The standard InChI is InChI=1S/C11H10O2.C2H7N/c12-11(13)9-5-4-8-10-6-2-1-3-7-10;1-3-2/h1-9H,(H,12,13);3H,1-2H3. The normalized spacial score (nSPS) is 10.1. The Morgan fingerprint density at radius 1 is 1.19 bits per heavy atom. The molecule has 0 amide bonds. The largest absolute Gasteiger partial charge is 0.478 e. The minimum Gasteiger partial charge on any atom is -0.478 e. The topological polar surface area (TPSA) is 49.3 Å². The van der Waals surface area contributed by atoms with Crippen LogP contribution < -0.4 is 5.32 Å². The predicted octanol–water partition coefficient (Wildman–Crippen LogP) is 2.18. The minimum absolute atomic E-state index is 0.933. The van der Waals surface area contributed by atoms with E-state index in [4.69, 9.17) is 5.11 Å². The van der Waals surface area contributed by atoms with Crippen molar-refractivity contribution in [3.8, 4) is 0 Å². The van der Waals surface area contributed by atoms with Gasteiger partial charge in [-0.05, 0) is 19.7 Å². The number of allylic oxidation sites excluding steroid dienone is 2. The third-order valence-corrected chi connectivity index (χ3v) is 1.44. The Kier molecular flexibility index (Phi) is 8.55. The SMILES string of the molecule is CNC.O=C(O)C=CC=Cc1ccccc1. The summed E-state index contributed by atoms with van der Waals surface area (Å²) in [6.07, 6.45) is 6.14. The molecule has 1 aromatic carbocycles. The summed E-state index contributed by atoms with van der Waals surface area (Å²) < 4.78 is 0. The summed E-state index contributed by atoms with van der Waals surface area (Å²) in [6, 6.07) is 9.70. The van der Waals surface area contributed by atoms with Crippen molar-refractivity contribution in [3.63, 3.8) is 0 Å². The smallest absolute Gasteiger partial charge is 0.328 e. The zero-order valence-electron chi connectivity index (χ0n) is 9.55. The molecule has 0 heterocycles. The van der Waals surface area contributed by atoms with E-state index in [0.717, 1.165) is 11.6 Å². The van der Waals surface area contributed by atoms with E-state index < -0.39 is 5.97 Å². The first kappa shape index (κ1) is 14.1. The van der Waals surface area contributed by atoms with Crippen molar-refractivity contribution in [1.29, 1.82) is 0 Å². The Bertz CT molecular complexity index is 342. The number of carboxylic acid groups (broad SMARTS) is 1. The van der Waals surface area contributed by atoms with Gasteiger partial charge in [0.05, 0.1) is 0 Å². The summed E-state index contributed by atoms with van der Waals surface area (Å²) >= 11 is 0. The van der Waals surface area contributed by atoms with Crippen LogP contribution in [0.5, 0.6) is 0 Å². The number of carboxylic acids is 1. The Labute approximate surface area is 96.1 Å². The number of carbonyl (C=O) groups is 1. The number of rotatable bonds is 3. The van der Waals surface area contributed by atoms with Crippen molar-refractivity contribution in [1.82, 2.24) is 5.32 Å². The highest BCUT2D eigenvalue weighted by Crippen LogP contribution is 2.00. The van der Waals surface area contributed by atoms with Crippen LogP contribution in [-0.4, -0.2) is 25.2 Å². The summed E-state index contributed by atoms with van der Waals surface area (Å²) in [7, 11) is 3.75. The van der Waals surface area contributed by atoms with Gasteiger partial charge in [0.1, 0.15) is 0 Å². The second-order valence-electron chi connectivity index (χ2n) is 2.97. The monoisotopic (exact) mass is 219 g/mol. The molecule has 1 rings (SSSR count). The molecule has 3 heteroatoms. The van der Waals surface area contributed by atoms with Gasteiger partial charge in [-0.1, -0.05) is 48.6 Å². The average molecular weight is 219 g/mol. The summed E-state index contributed by atoms with van der Waals surface area (Å²) in [4.78, 5) is 10.1. The van der Waals surface area contributed by atoms with Crippen LogP contribution in [0.3, 0.4) is 0 Å². The van der Waals surface area contributed by atoms with Crippen molar-refractivity contribution in [2.24, 2.45) is 0 Å². The van der Waals surface area contributed by atoms with Gasteiger partial charge >= 0.3 is 5.97 Å². The zero-order chi connectivity index (χ0) is 12.2. The molecular weight excluding hydrogens is 202 g/mol. The van der Waals surface area contributed by atoms with Gasteiger partial charge in [-0.2, -0.15) is 0 Å². The summed E-state index contributed by atoms with van der Waals surface area (Å²) in [5, 5.41) is 11.0. The van der Waals surface area contributed by atoms with E-state index in [0.29, 0.717) is 0 Å². The lowest BCUT2D eigenvalue weighted by molar-refractivity contribution is -0.131. The van der Waals surface area contributed by atoms with Gasteiger partial charge in [-0.15, -0.1) is 0 Å². The van der Waals surface area contributed by atoms with Crippen LogP contribution in [0.25, 0.3) is 6.08 Å². The lowest BCUT2D eigenvalue weighted by Gasteiger charge is -1.87. The average Bonchev–Trinajstić information content (AvgIpc) is 2.27. The molecule has 0 aliphatic heterocycles. The summed E-state index contributed by atoms with van der Waals surface area (Å²) in [6.45, 7) is 0. The van der Waals surface area contributed by atoms with E-state index in [-0.39, 0.29) is 0 Å². The van der Waals surface area contributed by atoms with Crippen LogP contribution in [0.1, 0.15) is 5.56 Å². The Hall–Kier alpha value is -1.87. The van der Waals surface area contributed by atoms with Gasteiger partial charge in [0.15, 0.2) is 0 Å². The van der Waals surface area contributed by atoms with Crippen LogP contribution in [0.15, 0.2) is 48.6 Å². The third-order valence-electron chi connectivity index (χ3n) is 1.44. The summed E-state index contributed by atoms with van der Waals surface area (Å²) in [5.74, 6) is -0.933. The van der Waals surface area contributed by atoms with E-state index in [1.165, 1.54) is 6.08 Å². The van der Waals surface area contributed by atoms with E-state index in [1.54, 1.807) is 6.08 Å². The first-order valence-corrected chi connectivity index (χ1v) is 4.92. The van der Waals surface area contributed by atoms with Crippen molar-refractivity contribution in [2.75, 3.05) is 14.1 Å². The highest BCUT2D eigenvalue weighted by atomic mass is 16.4. The Balaban J connectivity index is 0.000000673. The fourth-order valence-corrected chi connectivity index (χ4v) is 0.869.